The summed E-state index contributed by atoms with van der Waals surface area (Å²) in [6.45, 7) is 1.83. The Bertz CT molecular complexity index is 788. The van der Waals surface area contributed by atoms with Gasteiger partial charge in [0, 0.05) is 11.0 Å². The summed E-state index contributed by atoms with van der Waals surface area (Å²) in [6, 6.07) is 10.1. The molecule has 2 aromatic carbocycles. The van der Waals surface area contributed by atoms with Gasteiger partial charge in [-0.3, -0.25) is 10.1 Å². The summed E-state index contributed by atoms with van der Waals surface area (Å²) in [5, 5.41) is 20.1. The Balaban J connectivity index is 2.30. The fraction of sp³-hybridized carbons (Fsp3) is 0.125. The van der Waals surface area contributed by atoms with Crippen molar-refractivity contribution in [2.75, 3.05) is 6.61 Å². The second-order valence-electron chi connectivity index (χ2n) is 4.59. The molecule has 2 rings (SSSR count). The molecule has 0 aliphatic rings. The highest BCUT2D eigenvalue weighted by Crippen LogP contribution is 2.35. The standard InChI is InChI=1S/C16H13NO6S/c1-2-23-16(20)11-5-8-14(13(9-11)17(21)22)24-12-6-3-10(4-7-12)15(18)19/h3-9H,2H2,1H3,(H,18,19). The fourth-order valence-electron chi connectivity index (χ4n) is 1.88. The second kappa shape index (κ2) is 7.60. The Morgan fingerprint density at radius 2 is 1.79 bits per heavy atom. The Labute approximate surface area is 141 Å². The van der Waals surface area contributed by atoms with E-state index in [1.54, 1.807) is 19.1 Å². The molecule has 0 heterocycles. The van der Waals surface area contributed by atoms with Crippen LogP contribution in [0, 0.1) is 10.1 Å². The average Bonchev–Trinajstić information content (AvgIpc) is 2.55. The van der Waals surface area contributed by atoms with Crippen molar-refractivity contribution in [1.82, 2.24) is 0 Å². The van der Waals surface area contributed by atoms with Crippen molar-refractivity contribution in [1.29, 1.82) is 0 Å². The lowest BCUT2D eigenvalue weighted by Gasteiger charge is -2.06. The Kier molecular flexibility index (Phi) is 5.54. The molecule has 0 saturated carbocycles. The quantitative estimate of drug-likeness (QED) is 0.483. The number of carbonyl (C=O) groups is 2. The van der Waals surface area contributed by atoms with Gasteiger partial charge >= 0.3 is 11.9 Å². The number of carbonyl (C=O) groups excluding carboxylic acids is 1. The maximum absolute atomic E-state index is 11.7. The highest BCUT2D eigenvalue weighted by atomic mass is 32.2. The number of nitro benzene ring substituents is 1. The number of benzene rings is 2. The van der Waals surface area contributed by atoms with E-state index in [1.807, 2.05) is 0 Å². The first-order valence-electron chi connectivity index (χ1n) is 6.89. The number of nitro groups is 1. The zero-order valence-electron chi connectivity index (χ0n) is 12.6. The first-order chi connectivity index (χ1) is 11.4. The van der Waals surface area contributed by atoms with Gasteiger partial charge in [-0.15, -0.1) is 0 Å². The SMILES string of the molecule is CCOC(=O)c1ccc(Sc2ccc(C(=O)O)cc2)c([N+](=O)[O-])c1. The summed E-state index contributed by atoms with van der Waals surface area (Å²) in [5.41, 5.74) is 0.0218. The Morgan fingerprint density at radius 1 is 1.17 bits per heavy atom. The molecule has 0 aliphatic carbocycles. The van der Waals surface area contributed by atoms with Crippen molar-refractivity contribution in [3.05, 3.63) is 63.7 Å². The molecule has 0 unspecified atom stereocenters. The molecule has 8 heteroatoms. The first kappa shape index (κ1) is 17.5. The normalized spacial score (nSPS) is 10.2. The molecule has 124 valence electrons. The number of esters is 1. The highest BCUT2D eigenvalue weighted by Gasteiger charge is 2.19. The number of hydrogen-bond acceptors (Lipinski definition) is 6. The fourth-order valence-corrected chi connectivity index (χ4v) is 2.78. The third-order valence-corrected chi connectivity index (χ3v) is 4.07. The number of ether oxygens (including phenoxy) is 1. The Hall–Kier alpha value is -2.87. The van der Waals surface area contributed by atoms with Crippen LogP contribution in [0.15, 0.2) is 52.3 Å². The van der Waals surface area contributed by atoms with Crippen molar-refractivity contribution in [3.63, 3.8) is 0 Å². The molecule has 0 bridgehead atoms. The van der Waals surface area contributed by atoms with Crippen LogP contribution >= 0.6 is 11.8 Å². The molecular formula is C16H13NO6S. The maximum atomic E-state index is 11.7. The summed E-state index contributed by atoms with van der Waals surface area (Å²) in [6.07, 6.45) is 0. The van der Waals surface area contributed by atoms with Gasteiger partial charge in [0.1, 0.15) is 0 Å². The minimum Gasteiger partial charge on any atom is -0.478 e. The van der Waals surface area contributed by atoms with Crippen molar-refractivity contribution in [2.45, 2.75) is 16.7 Å². The summed E-state index contributed by atoms with van der Waals surface area (Å²) in [5.74, 6) is -1.67. The second-order valence-corrected chi connectivity index (χ2v) is 5.71. The van der Waals surface area contributed by atoms with Gasteiger partial charge in [0.25, 0.3) is 5.69 Å². The molecule has 1 N–H and O–H groups in total. The topological polar surface area (TPSA) is 107 Å². The van der Waals surface area contributed by atoms with Crippen LogP contribution in [0.3, 0.4) is 0 Å². The Morgan fingerprint density at radius 3 is 2.33 bits per heavy atom. The predicted octanol–water partition coefficient (Wildman–Crippen LogP) is 3.62. The molecule has 0 aliphatic heterocycles. The van der Waals surface area contributed by atoms with Crippen molar-refractivity contribution < 1.29 is 24.4 Å². The summed E-state index contributed by atoms with van der Waals surface area (Å²) in [7, 11) is 0. The zero-order chi connectivity index (χ0) is 17.7. The smallest absolute Gasteiger partial charge is 0.338 e. The van der Waals surface area contributed by atoms with Crippen LogP contribution in [-0.4, -0.2) is 28.6 Å². The highest BCUT2D eigenvalue weighted by molar-refractivity contribution is 7.99. The van der Waals surface area contributed by atoms with E-state index in [9.17, 15) is 19.7 Å². The number of rotatable bonds is 6. The van der Waals surface area contributed by atoms with Crippen LogP contribution in [0.25, 0.3) is 0 Å². The minimum atomic E-state index is -1.05. The monoisotopic (exact) mass is 347 g/mol. The number of hydrogen-bond donors (Lipinski definition) is 1. The van der Waals surface area contributed by atoms with Gasteiger partial charge in [0.2, 0.25) is 0 Å². The molecular weight excluding hydrogens is 334 g/mol. The van der Waals surface area contributed by atoms with Gasteiger partial charge in [-0.1, -0.05) is 11.8 Å². The summed E-state index contributed by atoms with van der Waals surface area (Å²) < 4.78 is 4.83. The van der Waals surface area contributed by atoms with E-state index >= 15 is 0 Å². The number of aromatic carboxylic acids is 1. The molecule has 0 atom stereocenters. The van der Waals surface area contributed by atoms with E-state index < -0.39 is 16.9 Å². The molecule has 7 nitrogen and oxygen atoms in total. The lowest BCUT2D eigenvalue weighted by atomic mass is 10.2. The molecule has 0 saturated heterocycles. The van der Waals surface area contributed by atoms with Crippen LogP contribution in [0.5, 0.6) is 0 Å². The molecule has 0 amide bonds. The van der Waals surface area contributed by atoms with Gasteiger partial charge in [0.15, 0.2) is 0 Å². The van der Waals surface area contributed by atoms with E-state index in [-0.39, 0.29) is 23.4 Å². The number of carboxylic acids is 1. The molecule has 0 fully saturated rings. The lowest BCUT2D eigenvalue weighted by Crippen LogP contribution is -2.05. The summed E-state index contributed by atoms with van der Waals surface area (Å²) in [4.78, 5) is 34.2. The van der Waals surface area contributed by atoms with Crippen LogP contribution in [0.1, 0.15) is 27.6 Å². The first-order valence-corrected chi connectivity index (χ1v) is 7.70. The van der Waals surface area contributed by atoms with E-state index in [0.29, 0.717) is 9.79 Å². The minimum absolute atomic E-state index is 0.106. The maximum Gasteiger partial charge on any atom is 0.338 e. The number of carboxylic acid groups (broad SMARTS) is 1. The van der Waals surface area contributed by atoms with Crippen molar-refractivity contribution >= 4 is 29.4 Å². The molecule has 24 heavy (non-hydrogen) atoms. The third-order valence-electron chi connectivity index (χ3n) is 3.00. The van der Waals surface area contributed by atoms with Gasteiger partial charge in [-0.25, -0.2) is 9.59 Å². The van der Waals surface area contributed by atoms with E-state index in [1.165, 1.54) is 30.3 Å². The predicted molar refractivity (Wildman–Crippen MR) is 86.6 cm³/mol. The van der Waals surface area contributed by atoms with Crippen molar-refractivity contribution in [3.8, 4) is 0 Å². The van der Waals surface area contributed by atoms with Crippen LogP contribution in [0.4, 0.5) is 5.69 Å². The third kappa shape index (κ3) is 4.11. The van der Waals surface area contributed by atoms with Gasteiger partial charge < -0.3 is 9.84 Å². The molecule has 0 spiro atoms. The van der Waals surface area contributed by atoms with E-state index in [4.69, 9.17) is 9.84 Å². The zero-order valence-corrected chi connectivity index (χ0v) is 13.4. The van der Waals surface area contributed by atoms with Crippen molar-refractivity contribution in [2.24, 2.45) is 0 Å². The van der Waals surface area contributed by atoms with E-state index in [2.05, 4.69) is 0 Å². The molecule has 2 aromatic rings. The number of nitrogens with zero attached hydrogens (tertiary/aromatic N) is 1. The summed E-state index contributed by atoms with van der Waals surface area (Å²) >= 11 is 1.11. The van der Waals surface area contributed by atoms with Crippen LogP contribution in [0.2, 0.25) is 0 Å². The lowest BCUT2D eigenvalue weighted by molar-refractivity contribution is -0.387. The van der Waals surface area contributed by atoms with E-state index in [0.717, 1.165) is 11.8 Å². The average molecular weight is 347 g/mol. The van der Waals surface area contributed by atoms with Crippen LogP contribution in [-0.2, 0) is 4.74 Å². The van der Waals surface area contributed by atoms with Gasteiger partial charge in [-0.05, 0) is 43.3 Å². The van der Waals surface area contributed by atoms with Gasteiger partial charge in [0.05, 0.1) is 27.6 Å². The van der Waals surface area contributed by atoms with Crippen LogP contribution < -0.4 is 0 Å². The largest absolute Gasteiger partial charge is 0.478 e. The molecule has 0 radical (unpaired) electrons. The van der Waals surface area contributed by atoms with Gasteiger partial charge in [-0.2, -0.15) is 0 Å². The molecule has 0 aromatic heterocycles.